The lowest BCUT2D eigenvalue weighted by atomic mass is 9.84. The molecule has 2 aromatic rings. The summed E-state index contributed by atoms with van der Waals surface area (Å²) >= 11 is 1.32. The number of rotatable bonds is 6. The minimum absolute atomic E-state index is 0.218. The number of allylic oxidation sites excluding steroid dienone is 1. The number of nitrogens with two attached hydrogens (primary N) is 1. The van der Waals surface area contributed by atoms with Crippen LogP contribution < -0.4 is 5.73 Å². The van der Waals surface area contributed by atoms with E-state index in [1.807, 2.05) is 13.2 Å². The van der Waals surface area contributed by atoms with Crippen molar-refractivity contribution in [2.45, 2.75) is 55.4 Å². The second-order valence-corrected chi connectivity index (χ2v) is 7.83. The third-order valence-corrected chi connectivity index (χ3v) is 5.66. The highest BCUT2D eigenvalue weighted by molar-refractivity contribution is 7.98. The Morgan fingerprint density at radius 1 is 1.48 bits per heavy atom. The highest BCUT2D eigenvalue weighted by Gasteiger charge is 2.63. The molecule has 0 spiro atoms. The largest absolute Gasteiger partial charge is 0.394 e. The van der Waals surface area contributed by atoms with Crippen LogP contribution in [-0.2, 0) is 10.5 Å². The zero-order valence-corrected chi connectivity index (χ0v) is 16.4. The summed E-state index contributed by atoms with van der Waals surface area (Å²) in [5.74, 6) is 0.218. The van der Waals surface area contributed by atoms with Crippen molar-refractivity contribution in [3.8, 4) is 0 Å². The Bertz CT molecular complexity index is 870. The van der Waals surface area contributed by atoms with E-state index < -0.39 is 30.1 Å². The summed E-state index contributed by atoms with van der Waals surface area (Å²) in [5, 5.41) is 31.9. The molecular formula is C17H25N5O4S. The summed E-state index contributed by atoms with van der Waals surface area (Å²) in [6, 6.07) is 0. The lowest BCUT2D eigenvalue weighted by molar-refractivity contribution is -0.190. The summed E-state index contributed by atoms with van der Waals surface area (Å²) in [5.41, 5.74) is 4.53. The Balaban J connectivity index is 2.25. The van der Waals surface area contributed by atoms with Crippen LogP contribution in [0.25, 0.3) is 11.2 Å². The van der Waals surface area contributed by atoms with Gasteiger partial charge in [-0.3, -0.25) is 4.57 Å². The Kier molecular flexibility index (Phi) is 5.21. The number of hydrogen-bond acceptors (Lipinski definition) is 9. The van der Waals surface area contributed by atoms with Gasteiger partial charge in [-0.1, -0.05) is 17.3 Å². The van der Waals surface area contributed by atoms with E-state index in [2.05, 4.69) is 21.5 Å². The monoisotopic (exact) mass is 395 g/mol. The first-order valence-electron chi connectivity index (χ1n) is 8.56. The van der Waals surface area contributed by atoms with Crippen molar-refractivity contribution in [3.63, 3.8) is 0 Å². The number of anilines is 1. The Morgan fingerprint density at radius 3 is 2.74 bits per heavy atom. The molecule has 2 aromatic heterocycles. The number of fused-ring (bicyclic) bond motifs is 1. The first-order valence-corrected chi connectivity index (χ1v) is 9.79. The molecule has 9 nitrogen and oxygen atoms in total. The summed E-state index contributed by atoms with van der Waals surface area (Å²) < 4.78 is 7.65. The molecule has 1 saturated heterocycles. The van der Waals surface area contributed by atoms with Crippen molar-refractivity contribution in [2.75, 3.05) is 18.6 Å². The Labute approximate surface area is 161 Å². The predicted octanol–water partition coefficient (Wildman–Crippen LogP) is 0.642. The number of nitrogens with zero attached hydrogens (tertiary/aromatic N) is 4. The van der Waals surface area contributed by atoms with Crippen LogP contribution in [0, 0.1) is 0 Å². The van der Waals surface area contributed by atoms with Crippen LogP contribution in [-0.4, -0.2) is 65.5 Å². The summed E-state index contributed by atoms with van der Waals surface area (Å²) in [7, 11) is 0. The van der Waals surface area contributed by atoms with Crippen molar-refractivity contribution in [1.29, 1.82) is 0 Å². The number of aliphatic hydroxyl groups excluding tert-OH is 2. The maximum atomic E-state index is 11.3. The second kappa shape index (κ2) is 7.02. The summed E-state index contributed by atoms with van der Waals surface area (Å²) in [6.07, 6.45) is 1.86. The van der Waals surface area contributed by atoms with Crippen LogP contribution in [0.2, 0.25) is 0 Å². The summed E-state index contributed by atoms with van der Waals surface area (Å²) in [6.45, 7) is 6.83. The molecule has 3 rings (SSSR count). The van der Waals surface area contributed by atoms with Crippen molar-refractivity contribution in [2.24, 2.45) is 0 Å². The molecule has 0 unspecified atom stereocenters. The van der Waals surface area contributed by atoms with Gasteiger partial charge in [-0.2, -0.15) is 0 Å². The van der Waals surface area contributed by atoms with Crippen LogP contribution in [0.5, 0.6) is 0 Å². The van der Waals surface area contributed by atoms with Crippen LogP contribution >= 0.6 is 11.8 Å². The van der Waals surface area contributed by atoms with E-state index in [0.717, 1.165) is 5.57 Å². The van der Waals surface area contributed by atoms with E-state index in [1.165, 1.54) is 25.0 Å². The van der Waals surface area contributed by atoms with E-state index in [9.17, 15) is 15.3 Å². The molecule has 1 aliphatic heterocycles. The standard InChI is InChI=1S/C17H25N5O4S/c1-9(2)5-6-17(16(3,25)12(24)10(7-23)26-17)22-8-19-11-13(18)20-15(27-4)21-14(11)22/h8,10,12,23-25H,1,5-7H2,2-4H3,(H2,18,20,21)/t10-,12-,16-,17-/m1/s1. The van der Waals surface area contributed by atoms with Gasteiger partial charge >= 0.3 is 0 Å². The topological polar surface area (TPSA) is 140 Å². The minimum atomic E-state index is -1.72. The number of ether oxygens (including phenoxy) is 1. The molecule has 0 aliphatic carbocycles. The Morgan fingerprint density at radius 2 is 2.19 bits per heavy atom. The predicted molar refractivity (Wildman–Crippen MR) is 102 cm³/mol. The zero-order chi connectivity index (χ0) is 20.0. The molecule has 0 radical (unpaired) electrons. The molecule has 148 valence electrons. The molecule has 1 aliphatic rings. The molecule has 0 aromatic carbocycles. The second-order valence-electron chi connectivity index (χ2n) is 7.06. The van der Waals surface area contributed by atoms with Gasteiger partial charge in [-0.25, -0.2) is 15.0 Å². The first kappa shape index (κ1) is 20.0. The van der Waals surface area contributed by atoms with Gasteiger partial charge < -0.3 is 25.8 Å². The van der Waals surface area contributed by atoms with Crippen LogP contribution in [0.4, 0.5) is 5.82 Å². The Hall–Kier alpha value is -1.72. The molecule has 0 amide bonds. The van der Waals surface area contributed by atoms with Gasteiger partial charge in [0.15, 0.2) is 22.3 Å². The first-order chi connectivity index (χ1) is 12.7. The SMILES string of the molecule is C=C(C)CC[C@@]1(n2cnc3c(N)nc(SC)nc32)O[C@H](CO)[C@@H](O)[C@@]1(C)O. The van der Waals surface area contributed by atoms with E-state index in [-0.39, 0.29) is 5.82 Å². The summed E-state index contributed by atoms with van der Waals surface area (Å²) in [4.78, 5) is 13.0. The molecular weight excluding hydrogens is 370 g/mol. The molecule has 10 heteroatoms. The maximum Gasteiger partial charge on any atom is 0.191 e. The van der Waals surface area contributed by atoms with Gasteiger partial charge in [0, 0.05) is 6.42 Å². The number of aromatic nitrogens is 4. The quantitative estimate of drug-likeness (QED) is 0.315. The fraction of sp³-hybridized carbons (Fsp3) is 0.588. The number of thioether (sulfide) groups is 1. The number of hydrogen-bond donors (Lipinski definition) is 4. The van der Waals surface area contributed by atoms with Gasteiger partial charge in [-0.15, -0.1) is 6.58 Å². The molecule has 0 bridgehead atoms. The van der Waals surface area contributed by atoms with E-state index >= 15 is 0 Å². The lowest BCUT2D eigenvalue weighted by Gasteiger charge is -2.40. The molecule has 3 heterocycles. The van der Waals surface area contributed by atoms with Crippen molar-refractivity contribution < 1.29 is 20.1 Å². The third kappa shape index (κ3) is 3.01. The molecule has 27 heavy (non-hydrogen) atoms. The number of nitrogen functional groups attached to an aromatic ring is 1. The minimum Gasteiger partial charge on any atom is -0.394 e. The van der Waals surface area contributed by atoms with E-state index in [4.69, 9.17) is 10.5 Å². The normalized spacial score (nSPS) is 30.9. The van der Waals surface area contributed by atoms with Crippen molar-refractivity contribution in [1.82, 2.24) is 19.5 Å². The smallest absolute Gasteiger partial charge is 0.191 e. The zero-order valence-electron chi connectivity index (χ0n) is 15.6. The van der Waals surface area contributed by atoms with Gasteiger partial charge in [0.1, 0.15) is 23.3 Å². The number of aliphatic hydroxyl groups is 3. The molecule has 5 N–H and O–H groups in total. The van der Waals surface area contributed by atoms with Gasteiger partial charge in [-0.05, 0) is 26.5 Å². The highest BCUT2D eigenvalue weighted by Crippen LogP contribution is 2.48. The number of imidazole rings is 1. The maximum absolute atomic E-state index is 11.3. The average Bonchev–Trinajstić information content (AvgIpc) is 3.13. The lowest BCUT2D eigenvalue weighted by Crippen LogP contribution is -2.55. The van der Waals surface area contributed by atoms with Gasteiger partial charge in [0.25, 0.3) is 0 Å². The molecule has 0 saturated carbocycles. The van der Waals surface area contributed by atoms with E-state index in [1.54, 1.807) is 4.57 Å². The molecule has 4 atom stereocenters. The van der Waals surface area contributed by atoms with Gasteiger partial charge in [0.05, 0.1) is 12.9 Å². The van der Waals surface area contributed by atoms with Crippen molar-refractivity contribution >= 4 is 28.7 Å². The average molecular weight is 395 g/mol. The van der Waals surface area contributed by atoms with Crippen LogP contribution in [0.1, 0.15) is 26.7 Å². The van der Waals surface area contributed by atoms with E-state index in [0.29, 0.717) is 29.2 Å². The van der Waals surface area contributed by atoms with Crippen LogP contribution in [0.15, 0.2) is 23.6 Å². The highest BCUT2D eigenvalue weighted by atomic mass is 32.2. The van der Waals surface area contributed by atoms with Crippen molar-refractivity contribution in [3.05, 3.63) is 18.5 Å². The third-order valence-electron chi connectivity index (χ3n) is 5.11. The fourth-order valence-corrected chi connectivity index (χ4v) is 3.90. The molecule has 1 fully saturated rings. The fourth-order valence-electron chi connectivity index (χ4n) is 3.54. The van der Waals surface area contributed by atoms with Crippen LogP contribution in [0.3, 0.4) is 0 Å². The van der Waals surface area contributed by atoms with Gasteiger partial charge in [0.2, 0.25) is 0 Å².